The maximum absolute atomic E-state index is 12.9. The Morgan fingerprint density at radius 3 is 2.71 bits per heavy atom. The van der Waals surface area contributed by atoms with Gasteiger partial charge in [0, 0.05) is 18.4 Å². The first-order valence-corrected chi connectivity index (χ1v) is 4.48. The average molecular weight is 216 g/mol. The topological polar surface area (TPSA) is 26.0 Å². The van der Waals surface area contributed by atoms with Crippen LogP contribution in [0, 0.1) is 23.5 Å². The highest BCUT2D eigenvalue weighted by atomic mass is 35.5. The van der Waals surface area contributed by atoms with E-state index >= 15 is 0 Å². The lowest BCUT2D eigenvalue weighted by molar-refractivity contribution is 0.586. The summed E-state index contributed by atoms with van der Waals surface area (Å²) in [6, 6.07) is 1.82. The standard InChI is InChI=1S/C10H8ClF2N/c11-4-2-1-3-7-5-8(12)6-9(13)10(7)14/h5-6H,2,4,14H2. The van der Waals surface area contributed by atoms with E-state index in [4.69, 9.17) is 17.3 Å². The Labute approximate surface area is 85.9 Å². The third-order valence-electron chi connectivity index (χ3n) is 1.54. The van der Waals surface area contributed by atoms with Crippen molar-refractivity contribution >= 4 is 17.3 Å². The highest BCUT2D eigenvalue weighted by Gasteiger charge is 2.05. The summed E-state index contributed by atoms with van der Waals surface area (Å²) in [4.78, 5) is 0. The lowest BCUT2D eigenvalue weighted by Crippen LogP contribution is -1.96. The molecule has 14 heavy (non-hydrogen) atoms. The molecule has 0 saturated heterocycles. The van der Waals surface area contributed by atoms with Gasteiger partial charge in [0.05, 0.1) is 11.3 Å². The number of nitrogens with two attached hydrogens (primary N) is 1. The maximum atomic E-state index is 12.9. The Bertz CT molecular complexity index is 393. The molecule has 0 amide bonds. The van der Waals surface area contributed by atoms with Crippen molar-refractivity contribution in [1.29, 1.82) is 0 Å². The van der Waals surface area contributed by atoms with Crippen LogP contribution in [-0.4, -0.2) is 5.88 Å². The highest BCUT2D eigenvalue weighted by Crippen LogP contribution is 2.16. The number of alkyl halides is 1. The van der Waals surface area contributed by atoms with Gasteiger partial charge in [0.25, 0.3) is 0 Å². The van der Waals surface area contributed by atoms with E-state index in [0.717, 1.165) is 12.1 Å². The molecule has 0 fully saturated rings. The molecule has 1 nitrogen and oxygen atoms in total. The van der Waals surface area contributed by atoms with Gasteiger partial charge in [-0.1, -0.05) is 11.8 Å². The molecule has 1 aromatic rings. The van der Waals surface area contributed by atoms with E-state index in [2.05, 4.69) is 11.8 Å². The summed E-state index contributed by atoms with van der Waals surface area (Å²) in [5.41, 5.74) is 5.39. The van der Waals surface area contributed by atoms with E-state index < -0.39 is 11.6 Å². The minimum Gasteiger partial charge on any atom is -0.395 e. The minimum atomic E-state index is -0.792. The van der Waals surface area contributed by atoms with Gasteiger partial charge in [-0.3, -0.25) is 0 Å². The molecule has 0 unspecified atom stereocenters. The molecule has 0 bridgehead atoms. The largest absolute Gasteiger partial charge is 0.395 e. The van der Waals surface area contributed by atoms with Crippen LogP contribution in [0.4, 0.5) is 14.5 Å². The first-order chi connectivity index (χ1) is 6.65. The molecule has 1 rings (SSSR count). The third kappa shape index (κ3) is 2.61. The zero-order valence-corrected chi connectivity index (χ0v) is 8.04. The van der Waals surface area contributed by atoms with E-state index in [-0.39, 0.29) is 11.3 Å². The molecule has 0 atom stereocenters. The molecule has 0 aliphatic heterocycles. The molecule has 0 heterocycles. The monoisotopic (exact) mass is 215 g/mol. The summed E-state index contributed by atoms with van der Waals surface area (Å²) in [5.74, 6) is 4.11. The summed E-state index contributed by atoms with van der Waals surface area (Å²) >= 11 is 5.39. The van der Waals surface area contributed by atoms with Crippen LogP contribution < -0.4 is 5.73 Å². The van der Waals surface area contributed by atoms with Crippen molar-refractivity contribution in [3.63, 3.8) is 0 Å². The second-order valence-electron chi connectivity index (χ2n) is 2.59. The molecule has 2 N–H and O–H groups in total. The van der Waals surface area contributed by atoms with E-state index in [1.807, 2.05) is 0 Å². The van der Waals surface area contributed by atoms with Crippen LogP contribution >= 0.6 is 11.6 Å². The van der Waals surface area contributed by atoms with E-state index in [1.54, 1.807) is 0 Å². The number of benzene rings is 1. The van der Waals surface area contributed by atoms with Gasteiger partial charge in [0.15, 0.2) is 0 Å². The van der Waals surface area contributed by atoms with Gasteiger partial charge in [0.2, 0.25) is 0 Å². The fourth-order valence-corrected chi connectivity index (χ4v) is 0.988. The summed E-state index contributed by atoms with van der Waals surface area (Å²) in [6.45, 7) is 0. The van der Waals surface area contributed by atoms with E-state index in [1.165, 1.54) is 0 Å². The Hall–Kier alpha value is -1.27. The van der Waals surface area contributed by atoms with Crippen molar-refractivity contribution in [2.45, 2.75) is 6.42 Å². The third-order valence-corrected chi connectivity index (χ3v) is 1.73. The molecule has 1 aromatic carbocycles. The Morgan fingerprint density at radius 1 is 1.36 bits per heavy atom. The fourth-order valence-electron chi connectivity index (χ4n) is 0.893. The van der Waals surface area contributed by atoms with Gasteiger partial charge in [-0.25, -0.2) is 8.78 Å². The molecule has 0 saturated carbocycles. The summed E-state index contributed by atoms with van der Waals surface area (Å²) in [5, 5.41) is 0. The molecule has 74 valence electrons. The predicted octanol–water partition coefficient (Wildman–Crippen LogP) is 2.53. The molecule has 0 radical (unpaired) electrons. The summed E-state index contributed by atoms with van der Waals surface area (Å²) in [6.07, 6.45) is 0.457. The molecular formula is C10H8ClF2N. The lowest BCUT2D eigenvalue weighted by Gasteiger charge is -1.99. The second kappa shape index (κ2) is 4.83. The quantitative estimate of drug-likeness (QED) is 0.435. The number of nitrogen functional groups attached to an aromatic ring is 1. The van der Waals surface area contributed by atoms with Crippen molar-refractivity contribution < 1.29 is 8.78 Å². The van der Waals surface area contributed by atoms with Crippen LogP contribution in [0.2, 0.25) is 0 Å². The Kier molecular flexibility index (Phi) is 3.73. The number of anilines is 1. The Balaban J connectivity index is 3.04. The number of halogens is 3. The SMILES string of the molecule is Nc1c(F)cc(F)cc1C#CCCCl. The fraction of sp³-hybridized carbons (Fsp3) is 0.200. The molecule has 0 spiro atoms. The van der Waals surface area contributed by atoms with Crippen LogP contribution in [0.5, 0.6) is 0 Å². The van der Waals surface area contributed by atoms with Gasteiger partial charge in [-0.05, 0) is 6.07 Å². The average Bonchev–Trinajstić information content (AvgIpc) is 2.13. The normalized spacial score (nSPS) is 9.36. The minimum absolute atomic E-state index is 0.131. The van der Waals surface area contributed by atoms with Crippen LogP contribution in [0.1, 0.15) is 12.0 Å². The van der Waals surface area contributed by atoms with Crippen LogP contribution in [0.25, 0.3) is 0 Å². The second-order valence-corrected chi connectivity index (χ2v) is 2.97. The molecular weight excluding hydrogens is 208 g/mol. The Morgan fingerprint density at radius 2 is 2.07 bits per heavy atom. The lowest BCUT2D eigenvalue weighted by atomic mass is 10.1. The first-order valence-electron chi connectivity index (χ1n) is 3.94. The van der Waals surface area contributed by atoms with Crippen molar-refractivity contribution in [3.05, 3.63) is 29.3 Å². The molecule has 0 aromatic heterocycles. The van der Waals surface area contributed by atoms with E-state index in [0.29, 0.717) is 12.3 Å². The zero-order valence-electron chi connectivity index (χ0n) is 7.28. The summed E-state index contributed by atoms with van der Waals surface area (Å²) in [7, 11) is 0. The zero-order chi connectivity index (χ0) is 10.6. The molecule has 4 heteroatoms. The van der Waals surface area contributed by atoms with Gasteiger partial charge < -0.3 is 5.73 Å². The first kappa shape index (κ1) is 10.8. The predicted molar refractivity (Wildman–Crippen MR) is 53.0 cm³/mol. The van der Waals surface area contributed by atoms with Crippen LogP contribution in [0.15, 0.2) is 12.1 Å². The van der Waals surface area contributed by atoms with Crippen molar-refractivity contribution in [2.24, 2.45) is 0 Å². The molecule has 0 aliphatic carbocycles. The number of hydrogen-bond donors (Lipinski definition) is 1. The van der Waals surface area contributed by atoms with Gasteiger partial charge in [0.1, 0.15) is 11.6 Å². The smallest absolute Gasteiger partial charge is 0.150 e. The van der Waals surface area contributed by atoms with Crippen molar-refractivity contribution in [2.75, 3.05) is 11.6 Å². The molecule has 0 aliphatic rings. The number of hydrogen-bond acceptors (Lipinski definition) is 1. The van der Waals surface area contributed by atoms with Crippen LogP contribution in [0.3, 0.4) is 0 Å². The summed E-state index contributed by atoms with van der Waals surface area (Å²) < 4.78 is 25.6. The van der Waals surface area contributed by atoms with Gasteiger partial charge in [-0.2, -0.15) is 0 Å². The number of rotatable bonds is 1. The van der Waals surface area contributed by atoms with Crippen LogP contribution in [-0.2, 0) is 0 Å². The van der Waals surface area contributed by atoms with E-state index in [9.17, 15) is 8.78 Å². The van der Waals surface area contributed by atoms with Gasteiger partial charge in [-0.15, -0.1) is 11.6 Å². The highest BCUT2D eigenvalue weighted by molar-refractivity contribution is 6.18. The van der Waals surface area contributed by atoms with Crippen molar-refractivity contribution in [3.8, 4) is 11.8 Å². The van der Waals surface area contributed by atoms with Gasteiger partial charge >= 0.3 is 0 Å². The maximum Gasteiger partial charge on any atom is 0.150 e. The van der Waals surface area contributed by atoms with Crippen molar-refractivity contribution in [1.82, 2.24) is 0 Å².